The summed E-state index contributed by atoms with van der Waals surface area (Å²) in [7, 11) is 0. The zero-order chi connectivity index (χ0) is 15.3. The van der Waals surface area contributed by atoms with Gasteiger partial charge in [-0.2, -0.15) is 0 Å². The Hall–Kier alpha value is -1.84. The van der Waals surface area contributed by atoms with Crippen LogP contribution < -0.4 is 0 Å². The molecule has 0 aromatic heterocycles. The number of rotatable bonds is 1. The summed E-state index contributed by atoms with van der Waals surface area (Å²) in [6.07, 6.45) is 4.93. The standard InChI is InChI=1S/C18H22N2O2/c1-12-5-4-8-15(9-12)20-17(21)16-10-13-6-2-3-7-14(13)11-19(16)18(20)22/h2-3,6-7,12,15-16H,4-5,8-11H2,1H3. The third-order valence-electron chi connectivity index (χ3n) is 5.50. The fourth-order valence-corrected chi connectivity index (χ4v) is 4.31. The molecule has 1 aromatic rings. The van der Waals surface area contributed by atoms with Gasteiger partial charge in [-0.3, -0.25) is 9.69 Å². The second-order valence-corrected chi connectivity index (χ2v) is 7.03. The maximum Gasteiger partial charge on any atom is 0.328 e. The van der Waals surface area contributed by atoms with Gasteiger partial charge in [0.25, 0.3) is 5.91 Å². The molecule has 4 rings (SSSR count). The van der Waals surface area contributed by atoms with E-state index in [2.05, 4.69) is 19.1 Å². The molecule has 0 bridgehead atoms. The van der Waals surface area contributed by atoms with Crippen LogP contribution in [0.4, 0.5) is 4.79 Å². The molecule has 0 N–H and O–H groups in total. The maximum absolute atomic E-state index is 12.8. The Kier molecular flexibility index (Phi) is 3.21. The SMILES string of the molecule is CC1CCCC(N2C(=O)C3Cc4ccccc4CN3C2=O)C1. The van der Waals surface area contributed by atoms with Crippen LogP contribution in [0.15, 0.2) is 24.3 Å². The highest BCUT2D eigenvalue weighted by Crippen LogP contribution is 2.35. The Balaban J connectivity index is 1.61. The first-order valence-corrected chi connectivity index (χ1v) is 8.35. The van der Waals surface area contributed by atoms with Crippen LogP contribution in [0.2, 0.25) is 0 Å². The number of hydrogen-bond acceptors (Lipinski definition) is 2. The van der Waals surface area contributed by atoms with Gasteiger partial charge >= 0.3 is 6.03 Å². The van der Waals surface area contributed by atoms with Gasteiger partial charge in [0.2, 0.25) is 0 Å². The van der Waals surface area contributed by atoms with Crippen molar-refractivity contribution >= 4 is 11.9 Å². The molecule has 2 fully saturated rings. The smallest absolute Gasteiger partial charge is 0.308 e. The third kappa shape index (κ3) is 2.04. The van der Waals surface area contributed by atoms with Crippen molar-refractivity contribution in [1.82, 2.24) is 9.80 Å². The molecular formula is C18H22N2O2. The van der Waals surface area contributed by atoms with Crippen LogP contribution in [0, 0.1) is 5.92 Å². The Bertz CT molecular complexity index is 584. The van der Waals surface area contributed by atoms with E-state index >= 15 is 0 Å². The Morgan fingerprint density at radius 2 is 1.86 bits per heavy atom. The van der Waals surface area contributed by atoms with Crippen molar-refractivity contribution < 1.29 is 9.59 Å². The minimum atomic E-state index is -0.278. The lowest BCUT2D eigenvalue weighted by molar-refractivity contribution is -0.130. The summed E-state index contributed by atoms with van der Waals surface area (Å²) in [5.41, 5.74) is 2.39. The quantitative estimate of drug-likeness (QED) is 0.748. The molecule has 3 aliphatic rings. The molecule has 0 spiro atoms. The number of benzene rings is 1. The third-order valence-corrected chi connectivity index (χ3v) is 5.50. The number of nitrogens with zero attached hydrogens (tertiary/aromatic N) is 2. The molecule has 3 amide bonds. The van der Waals surface area contributed by atoms with Gasteiger partial charge in [-0.1, -0.05) is 44.0 Å². The summed E-state index contributed by atoms with van der Waals surface area (Å²) in [6, 6.07) is 7.92. The summed E-state index contributed by atoms with van der Waals surface area (Å²) < 4.78 is 0. The molecule has 1 saturated heterocycles. The summed E-state index contributed by atoms with van der Waals surface area (Å²) in [5.74, 6) is 0.632. The monoisotopic (exact) mass is 298 g/mol. The molecule has 3 unspecified atom stereocenters. The number of amides is 3. The lowest BCUT2D eigenvalue weighted by Crippen LogP contribution is -2.43. The van der Waals surface area contributed by atoms with E-state index in [1.54, 1.807) is 9.80 Å². The molecule has 116 valence electrons. The minimum Gasteiger partial charge on any atom is -0.308 e. The molecule has 3 atom stereocenters. The molecule has 2 aliphatic heterocycles. The number of carbonyl (C=O) groups excluding carboxylic acids is 2. The zero-order valence-electron chi connectivity index (χ0n) is 13.0. The fourth-order valence-electron chi connectivity index (χ4n) is 4.31. The second-order valence-electron chi connectivity index (χ2n) is 7.03. The van der Waals surface area contributed by atoms with Gasteiger partial charge in [0, 0.05) is 19.0 Å². The van der Waals surface area contributed by atoms with Crippen LogP contribution in [-0.2, 0) is 17.8 Å². The van der Waals surface area contributed by atoms with Gasteiger partial charge in [-0.05, 0) is 29.9 Å². The lowest BCUT2D eigenvalue weighted by atomic mass is 9.86. The number of urea groups is 1. The number of carbonyl (C=O) groups is 2. The molecular weight excluding hydrogens is 276 g/mol. The minimum absolute atomic E-state index is 0.0265. The highest BCUT2D eigenvalue weighted by atomic mass is 16.2. The average molecular weight is 298 g/mol. The van der Waals surface area contributed by atoms with Crippen molar-refractivity contribution in [2.45, 2.75) is 57.7 Å². The molecule has 22 heavy (non-hydrogen) atoms. The lowest BCUT2D eigenvalue weighted by Gasteiger charge is -2.32. The first-order chi connectivity index (χ1) is 10.6. The van der Waals surface area contributed by atoms with Crippen LogP contribution >= 0.6 is 0 Å². The normalized spacial score (nSPS) is 31.2. The fraction of sp³-hybridized carbons (Fsp3) is 0.556. The zero-order valence-corrected chi connectivity index (χ0v) is 13.0. The average Bonchev–Trinajstić information content (AvgIpc) is 2.76. The largest absolute Gasteiger partial charge is 0.328 e. The molecule has 2 heterocycles. The summed E-state index contributed by atoms with van der Waals surface area (Å²) in [4.78, 5) is 29.0. The van der Waals surface area contributed by atoms with Crippen molar-refractivity contribution in [2.24, 2.45) is 5.92 Å². The Labute approximate surface area is 131 Å². The highest BCUT2D eigenvalue weighted by Gasteiger charge is 2.49. The molecule has 1 saturated carbocycles. The summed E-state index contributed by atoms with van der Waals surface area (Å²) in [6.45, 7) is 2.80. The van der Waals surface area contributed by atoms with Crippen LogP contribution in [0.1, 0.15) is 43.7 Å². The van der Waals surface area contributed by atoms with E-state index in [9.17, 15) is 9.59 Å². The predicted octanol–water partition coefficient (Wildman–Crippen LogP) is 2.95. The van der Waals surface area contributed by atoms with E-state index in [1.165, 1.54) is 17.5 Å². The van der Waals surface area contributed by atoms with Crippen molar-refractivity contribution in [2.75, 3.05) is 0 Å². The van der Waals surface area contributed by atoms with Crippen molar-refractivity contribution in [3.63, 3.8) is 0 Å². The molecule has 1 aromatic carbocycles. The highest BCUT2D eigenvalue weighted by molar-refractivity contribution is 6.05. The van der Waals surface area contributed by atoms with Gasteiger partial charge in [0.05, 0.1) is 0 Å². The Morgan fingerprint density at radius 3 is 2.64 bits per heavy atom. The van der Waals surface area contributed by atoms with Gasteiger partial charge < -0.3 is 4.90 Å². The number of imide groups is 1. The van der Waals surface area contributed by atoms with Crippen molar-refractivity contribution in [3.8, 4) is 0 Å². The van der Waals surface area contributed by atoms with Crippen LogP contribution in [0.5, 0.6) is 0 Å². The molecule has 1 aliphatic carbocycles. The second kappa shape index (κ2) is 5.11. The Morgan fingerprint density at radius 1 is 1.09 bits per heavy atom. The number of fused-ring (bicyclic) bond motifs is 2. The first kappa shape index (κ1) is 13.8. The van der Waals surface area contributed by atoms with E-state index in [4.69, 9.17) is 0 Å². The van der Waals surface area contributed by atoms with Gasteiger partial charge in [0.15, 0.2) is 0 Å². The van der Waals surface area contributed by atoms with Gasteiger partial charge in [-0.15, -0.1) is 0 Å². The van der Waals surface area contributed by atoms with E-state index < -0.39 is 0 Å². The molecule has 4 nitrogen and oxygen atoms in total. The van der Waals surface area contributed by atoms with Crippen LogP contribution in [0.25, 0.3) is 0 Å². The summed E-state index contributed by atoms with van der Waals surface area (Å²) >= 11 is 0. The predicted molar refractivity (Wildman–Crippen MR) is 83.1 cm³/mol. The first-order valence-electron chi connectivity index (χ1n) is 8.35. The van der Waals surface area contributed by atoms with E-state index in [-0.39, 0.29) is 24.0 Å². The van der Waals surface area contributed by atoms with Crippen molar-refractivity contribution in [3.05, 3.63) is 35.4 Å². The number of hydrogen-bond donors (Lipinski definition) is 0. The summed E-state index contributed by atoms with van der Waals surface area (Å²) in [5, 5.41) is 0. The van der Waals surface area contributed by atoms with E-state index in [0.29, 0.717) is 18.9 Å². The van der Waals surface area contributed by atoms with Gasteiger partial charge in [-0.25, -0.2) is 4.79 Å². The van der Waals surface area contributed by atoms with Crippen molar-refractivity contribution in [1.29, 1.82) is 0 Å². The van der Waals surface area contributed by atoms with Crippen LogP contribution in [0.3, 0.4) is 0 Å². The van der Waals surface area contributed by atoms with Crippen LogP contribution in [-0.4, -0.2) is 33.8 Å². The topological polar surface area (TPSA) is 40.6 Å². The maximum atomic E-state index is 12.8. The van der Waals surface area contributed by atoms with Gasteiger partial charge in [0.1, 0.15) is 6.04 Å². The molecule has 0 radical (unpaired) electrons. The van der Waals surface area contributed by atoms with E-state index in [0.717, 1.165) is 19.3 Å². The van der Waals surface area contributed by atoms with E-state index in [1.807, 2.05) is 12.1 Å². The molecule has 4 heteroatoms.